The molecule has 1 aromatic carbocycles. The third kappa shape index (κ3) is 4.59. The second kappa shape index (κ2) is 6.66. The summed E-state index contributed by atoms with van der Waals surface area (Å²) in [5.74, 6) is -1.44. The van der Waals surface area contributed by atoms with E-state index in [1.54, 1.807) is 20.8 Å². The van der Waals surface area contributed by atoms with Crippen molar-refractivity contribution in [1.82, 2.24) is 9.71 Å². The Morgan fingerprint density at radius 3 is 2.54 bits per heavy atom. The van der Waals surface area contributed by atoms with Crippen LogP contribution in [0.15, 0.2) is 47.6 Å². The van der Waals surface area contributed by atoms with Gasteiger partial charge in [-0.2, -0.15) is 0 Å². The Labute approximate surface area is 140 Å². The molecule has 0 bridgehead atoms. The van der Waals surface area contributed by atoms with Crippen LogP contribution in [0.5, 0.6) is 0 Å². The SMILES string of the molecule is CC(C)(C)NS(=O)(=O)c1cccc(NC(=O)c2ccncc2F)c1. The number of halogens is 1. The summed E-state index contributed by atoms with van der Waals surface area (Å²) in [5, 5.41) is 2.48. The molecule has 2 N–H and O–H groups in total. The molecule has 0 aliphatic heterocycles. The highest BCUT2D eigenvalue weighted by Gasteiger charge is 2.22. The van der Waals surface area contributed by atoms with Gasteiger partial charge in [-0.1, -0.05) is 6.07 Å². The topological polar surface area (TPSA) is 88.2 Å². The number of aromatic nitrogens is 1. The molecule has 1 amide bonds. The summed E-state index contributed by atoms with van der Waals surface area (Å²) in [6.07, 6.45) is 2.23. The maximum Gasteiger partial charge on any atom is 0.258 e. The predicted octanol–water partition coefficient (Wildman–Crippen LogP) is 2.55. The third-order valence-electron chi connectivity index (χ3n) is 2.86. The molecule has 0 spiro atoms. The van der Waals surface area contributed by atoms with Crippen LogP contribution in [0, 0.1) is 5.82 Å². The number of hydrogen-bond acceptors (Lipinski definition) is 4. The average Bonchev–Trinajstić information content (AvgIpc) is 2.45. The van der Waals surface area contributed by atoms with E-state index >= 15 is 0 Å². The minimum Gasteiger partial charge on any atom is -0.322 e. The number of carbonyl (C=O) groups excluding carboxylic acids is 1. The molecular formula is C16H18FN3O3S. The summed E-state index contributed by atoms with van der Waals surface area (Å²) >= 11 is 0. The third-order valence-corrected chi connectivity index (χ3v) is 4.62. The van der Waals surface area contributed by atoms with Gasteiger partial charge in [0.25, 0.3) is 5.91 Å². The Balaban J connectivity index is 2.25. The smallest absolute Gasteiger partial charge is 0.258 e. The van der Waals surface area contributed by atoms with Crippen LogP contribution >= 0.6 is 0 Å². The quantitative estimate of drug-likeness (QED) is 0.886. The van der Waals surface area contributed by atoms with Crippen molar-refractivity contribution in [2.45, 2.75) is 31.2 Å². The number of sulfonamides is 1. The lowest BCUT2D eigenvalue weighted by molar-refractivity contribution is 0.102. The maximum absolute atomic E-state index is 13.6. The van der Waals surface area contributed by atoms with E-state index in [4.69, 9.17) is 0 Å². The van der Waals surface area contributed by atoms with E-state index in [0.717, 1.165) is 6.20 Å². The van der Waals surface area contributed by atoms with Gasteiger partial charge in [0.1, 0.15) is 0 Å². The van der Waals surface area contributed by atoms with Crippen LogP contribution in [0.4, 0.5) is 10.1 Å². The van der Waals surface area contributed by atoms with Gasteiger partial charge in [0, 0.05) is 17.4 Å². The molecule has 0 aliphatic carbocycles. The molecule has 0 radical (unpaired) electrons. The van der Waals surface area contributed by atoms with Crippen LogP contribution in [0.3, 0.4) is 0 Å². The van der Waals surface area contributed by atoms with Crippen LogP contribution in [0.1, 0.15) is 31.1 Å². The Morgan fingerprint density at radius 1 is 1.21 bits per heavy atom. The van der Waals surface area contributed by atoms with Gasteiger partial charge in [-0.15, -0.1) is 0 Å². The molecule has 2 aromatic rings. The Bertz CT molecular complexity index is 861. The first-order chi connectivity index (χ1) is 11.1. The van der Waals surface area contributed by atoms with Crippen LogP contribution in [0.25, 0.3) is 0 Å². The largest absolute Gasteiger partial charge is 0.322 e. The van der Waals surface area contributed by atoms with E-state index in [2.05, 4.69) is 15.0 Å². The molecule has 0 atom stereocenters. The number of nitrogens with one attached hydrogen (secondary N) is 2. The molecule has 0 saturated heterocycles. The van der Waals surface area contributed by atoms with Crippen molar-refractivity contribution in [1.29, 1.82) is 0 Å². The fourth-order valence-electron chi connectivity index (χ4n) is 1.96. The van der Waals surface area contributed by atoms with E-state index in [1.807, 2.05) is 0 Å². The fourth-order valence-corrected chi connectivity index (χ4v) is 3.42. The lowest BCUT2D eigenvalue weighted by atomic mass is 10.1. The van der Waals surface area contributed by atoms with Crippen LogP contribution in [-0.2, 0) is 10.0 Å². The second-order valence-corrected chi connectivity index (χ2v) is 7.88. The van der Waals surface area contributed by atoms with Crippen molar-refractivity contribution in [3.05, 3.63) is 54.1 Å². The molecule has 128 valence electrons. The van der Waals surface area contributed by atoms with Crippen LogP contribution in [0.2, 0.25) is 0 Å². The first-order valence-electron chi connectivity index (χ1n) is 7.13. The number of pyridine rings is 1. The van der Waals surface area contributed by atoms with Gasteiger partial charge in [0.05, 0.1) is 16.7 Å². The van der Waals surface area contributed by atoms with E-state index in [9.17, 15) is 17.6 Å². The summed E-state index contributed by atoms with van der Waals surface area (Å²) in [4.78, 5) is 15.7. The van der Waals surface area contributed by atoms with Gasteiger partial charge >= 0.3 is 0 Å². The molecule has 24 heavy (non-hydrogen) atoms. The molecule has 0 unspecified atom stereocenters. The highest BCUT2D eigenvalue weighted by atomic mass is 32.2. The van der Waals surface area contributed by atoms with Crippen LogP contribution in [-0.4, -0.2) is 24.8 Å². The summed E-state index contributed by atoms with van der Waals surface area (Å²) in [6.45, 7) is 5.17. The van der Waals surface area contributed by atoms with Crippen molar-refractivity contribution in [2.24, 2.45) is 0 Å². The molecule has 2 rings (SSSR count). The minimum absolute atomic E-state index is 0.00502. The zero-order chi connectivity index (χ0) is 18.0. The first-order valence-corrected chi connectivity index (χ1v) is 8.62. The fraction of sp³-hybridized carbons (Fsp3) is 0.250. The van der Waals surface area contributed by atoms with Crippen molar-refractivity contribution < 1.29 is 17.6 Å². The average molecular weight is 351 g/mol. The highest BCUT2D eigenvalue weighted by Crippen LogP contribution is 2.18. The normalized spacial score (nSPS) is 12.0. The summed E-state index contributed by atoms with van der Waals surface area (Å²) in [7, 11) is -3.73. The second-order valence-electron chi connectivity index (χ2n) is 6.19. The molecule has 0 saturated carbocycles. The molecule has 1 heterocycles. The molecule has 1 aromatic heterocycles. The molecule has 0 fully saturated rings. The lowest BCUT2D eigenvalue weighted by Crippen LogP contribution is -2.40. The number of rotatable bonds is 4. The number of carbonyl (C=O) groups is 1. The zero-order valence-electron chi connectivity index (χ0n) is 13.5. The Morgan fingerprint density at radius 2 is 1.92 bits per heavy atom. The van der Waals surface area contributed by atoms with Crippen molar-refractivity contribution >= 4 is 21.6 Å². The standard InChI is InChI=1S/C16H18FN3O3S/c1-16(2,3)20-24(22,23)12-6-4-5-11(9-12)19-15(21)13-7-8-18-10-14(13)17/h4-10,20H,1-3H3,(H,19,21). The Hall–Kier alpha value is -2.32. The van der Waals surface area contributed by atoms with Gasteiger partial charge < -0.3 is 5.32 Å². The molecule has 8 heteroatoms. The van der Waals surface area contributed by atoms with E-state index in [-0.39, 0.29) is 16.1 Å². The minimum atomic E-state index is -3.73. The van der Waals surface area contributed by atoms with Gasteiger partial charge in [-0.05, 0) is 45.0 Å². The van der Waals surface area contributed by atoms with Gasteiger partial charge in [-0.3, -0.25) is 9.78 Å². The van der Waals surface area contributed by atoms with Crippen LogP contribution < -0.4 is 10.0 Å². The van der Waals surface area contributed by atoms with E-state index in [0.29, 0.717) is 0 Å². The van der Waals surface area contributed by atoms with E-state index < -0.39 is 27.3 Å². The molecular weight excluding hydrogens is 333 g/mol. The first kappa shape index (κ1) is 18.0. The Kier molecular flexibility index (Phi) is 5.00. The number of hydrogen-bond donors (Lipinski definition) is 2. The van der Waals surface area contributed by atoms with Crippen molar-refractivity contribution in [3.8, 4) is 0 Å². The van der Waals surface area contributed by atoms with Gasteiger partial charge in [-0.25, -0.2) is 17.5 Å². The van der Waals surface area contributed by atoms with Gasteiger partial charge in [0.2, 0.25) is 10.0 Å². The molecule has 6 nitrogen and oxygen atoms in total. The monoisotopic (exact) mass is 351 g/mol. The number of nitrogens with zero attached hydrogens (tertiary/aromatic N) is 1. The highest BCUT2D eigenvalue weighted by molar-refractivity contribution is 7.89. The van der Waals surface area contributed by atoms with Crippen molar-refractivity contribution in [2.75, 3.05) is 5.32 Å². The van der Waals surface area contributed by atoms with E-state index in [1.165, 1.54) is 36.5 Å². The van der Waals surface area contributed by atoms with Gasteiger partial charge in [0.15, 0.2) is 5.82 Å². The number of anilines is 1. The summed E-state index contributed by atoms with van der Waals surface area (Å²) < 4.78 is 40.7. The predicted molar refractivity (Wildman–Crippen MR) is 88.7 cm³/mol. The number of benzene rings is 1. The maximum atomic E-state index is 13.6. The zero-order valence-corrected chi connectivity index (χ0v) is 14.3. The molecule has 0 aliphatic rings. The number of amides is 1. The lowest BCUT2D eigenvalue weighted by Gasteiger charge is -2.20. The summed E-state index contributed by atoms with van der Waals surface area (Å²) in [5.41, 5.74) is -0.572. The van der Waals surface area contributed by atoms with Crippen molar-refractivity contribution in [3.63, 3.8) is 0 Å². The summed E-state index contributed by atoms with van der Waals surface area (Å²) in [6, 6.07) is 6.98.